The summed E-state index contributed by atoms with van der Waals surface area (Å²) in [5, 5.41) is 12.0. The van der Waals surface area contributed by atoms with E-state index in [9.17, 15) is 0 Å². The van der Waals surface area contributed by atoms with Crippen molar-refractivity contribution >= 4 is 110 Å². The number of hydrogen-bond donors (Lipinski definition) is 0. The second kappa shape index (κ2) is 16.0. The van der Waals surface area contributed by atoms with Crippen molar-refractivity contribution in [3.63, 3.8) is 0 Å². The number of furan rings is 2. The zero-order valence-electron chi connectivity index (χ0n) is 39.3. The van der Waals surface area contributed by atoms with Gasteiger partial charge in [0.1, 0.15) is 11.2 Å². The third kappa shape index (κ3) is 6.41. The van der Waals surface area contributed by atoms with E-state index in [2.05, 4.69) is 200 Å². The minimum absolute atomic E-state index is 0.266. The van der Waals surface area contributed by atoms with Crippen LogP contribution in [0, 0.1) is 0 Å². The van der Waals surface area contributed by atoms with Gasteiger partial charge in [0.25, 0.3) is 0 Å². The van der Waals surface area contributed by atoms with Gasteiger partial charge in [0.2, 0.25) is 0 Å². The molecule has 0 N–H and O–H groups in total. The van der Waals surface area contributed by atoms with Gasteiger partial charge < -0.3 is 18.6 Å². The molecule has 0 atom stereocenters. The summed E-state index contributed by atoms with van der Waals surface area (Å²) in [6.07, 6.45) is 10.3. The molecule has 2 fully saturated rings. The van der Waals surface area contributed by atoms with Crippen molar-refractivity contribution < 1.29 is 8.83 Å². The van der Waals surface area contributed by atoms with Gasteiger partial charge in [-0.05, 0) is 142 Å². The Kier molecular flexibility index (Phi) is 9.41. The Hall–Kier alpha value is -7.56. The molecule has 10 aromatic carbocycles. The Bertz CT molecular complexity index is 3900. The molecule has 0 aliphatic heterocycles. The second-order valence-corrected chi connectivity index (χ2v) is 20.3. The number of rotatable bonds is 9. The van der Waals surface area contributed by atoms with Gasteiger partial charge in [-0.3, -0.25) is 0 Å². The molecule has 2 aliphatic rings. The van der Waals surface area contributed by atoms with Crippen LogP contribution in [0.3, 0.4) is 0 Å². The Morgan fingerprint density at radius 2 is 0.855 bits per heavy atom. The summed E-state index contributed by atoms with van der Waals surface area (Å²) < 4.78 is 13.7. The minimum Gasteiger partial charge on any atom is -0.454 e. The predicted octanol–water partition coefficient (Wildman–Crippen LogP) is 19.8. The third-order valence-corrected chi connectivity index (χ3v) is 16.1. The van der Waals surface area contributed by atoms with E-state index in [4.69, 9.17) is 8.83 Å². The predicted molar refractivity (Wildman–Crippen MR) is 291 cm³/mol. The van der Waals surface area contributed by atoms with Crippen LogP contribution in [0.1, 0.15) is 99.7 Å². The fraction of sp³-hybridized carbons (Fsp3) is 0.200. The maximum Gasteiger partial charge on any atom is 0.159 e. The van der Waals surface area contributed by atoms with Crippen LogP contribution in [-0.2, 0) is 0 Å². The average Bonchev–Trinajstić information content (AvgIpc) is 4.25. The van der Waals surface area contributed by atoms with Gasteiger partial charge in [0, 0.05) is 43.7 Å². The topological polar surface area (TPSA) is 32.8 Å². The van der Waals surface area contributed by atoms with E-state index in [-0.39, 0.29) is 5.92 Å². The first-order chi connectivity index (χ1) is 34.1. The Balaban J connectivity index is 1.03. The molecule has 0 spiro atoms. The molecule has 4 heteroatoms. The summed E-state index contributed by atoms with van der Waals surface area (Å²) in [5.74, 6) is 1.53. The molecule has 4 nitrogen and oxygen atoms in total. The van der Waals surface area contributed by atoms with E-state index < -0.39 is 0 Å². The fourth-order valence-electron chi connectivity index (χ4n) is 12.7. The number of nitrogens with zero attached hydrogens (tertiary/aromatic N) is 2. The molecular weight excluding hydrogens is 841 g/mol. The minimum atomic E-state index is 0.266. The lowest BCUT2D eigenvalue weighted by Crippen LogP contribution is -2.13. The SMILES string of the molecule is CC(C)c1cc(N(c2ccc(C3CCCC3)cc2)c2cccc3c2oc2ccccc23)c2ccc3ccc(N(c4ccc(C5CCCC5)cc4)c4cccc5c4oc4ccccc45)c4ccc1c2c34. The molecule has 0 unspecified atom stereocenters. The van der Waals surface area contributed by atoms with Crippen molar-refractivity contribution in [1.29, 1.82) is 0 Å². The quantitative estimate of drug-likeness (QED) is 0.135. The van der Waals surface area contributed by atoms with Gasteiger partial charge in [-0.15, -0.1) is 0 Å². The summed E-state index contributed by atoms with van der Waals surface area (Å²) in [6, 6.07) is 65.7. The summed E-state index contributed by atoms with van der Waals surface area (Å²) >= 11 is 0. The average molecular weight is 895 g/mol. The molecule has 69 heavy (non-hydrogen) atoms. The highest BCUT2D eigenvalue weighted by Crippen LogP contribution is 2.52. The maximum absolute atomic E-state index is 6.87. The fourth-order valence-corrected chi connectivity index (χ4v) is 12.7. The van der Waals surface area contributed by atoms with Gasteiger partial charge in [-0.25, -0.2) is 0 Å². The number of benzene rings is 10. The van der Waals surface area contributed by atoms with Crippen molar-refractivity contribution in [1.82, 2.24) is 0 Å². The molecule has 2 aliphatic carbocycles. The van der Waals surface area contributed by atoms with Crippen LogP contribution in [0.4, 0.5) is 34.1 Å². The molecule has 0 amide bonds. The molecule has 12 aromatic rings. The molecule has 2 aromatic heterocycles. The summed E-state index contributed by atoms with van der Waals surface area (Å²) in [5.41, 5.74) is 14.4. The maximum atomic E-state index is 6.87. The lowest BCUT2D eigenvalue weighted by molar-refractivity contribution is 0.668. The van der Waals surface area contributed by atoms with Crippen LogP contribution in [0.25, 0.3) is 76.2 Å². The number of hydrogen-bond acceptors (Lipinski definition) is 4. The molecule has 0 radical (unpaired) electrons. The van der Waals surface area contributed by atoms with Gasteiger partial charge >= 0.3 is 0 Å². The summed E-state index contributed by atoms with van der Waals surface area (Å²) in [6.45, 7) is 4.68. The van der Waals surface area contributed by atoms with Crippen molar-refractivity contribution in [3.8, 4) is 0 Å². The molecule has 14 rings (SSSR count). The van der Waals surface area contributed by atoms with Crippen molar-refractivity contribution in [2.24, 2.45) is 0 Å². The van der Waals surface area contributed by atoms with Gasteiger partial charge in [0.15, 0.2) is 11.2 Å². The summed E-state index contributed by atoms with van der Waals surface area (Å²) in [7, 11) is 0. The Morgan fingerprint density at radius 1 is 0.391 bits per heavy atom. The molecule has 0 saturated heterocycles. The lowest BCUT2D eigenvalue weighted by Gasteiger charge is -2.31. The number of fused-ring (bicyclic) bond motifs is 6. The number of para-hydroxylation sites is 4. The normalized spacial score (nSPS) is 14.9. The van der Waals surface area contributed by atoms with Gasteiger partial charge in [-0.2, -0.15) is 0 Å². The van der Waals surface area contributed by atoms with E-state index in [1.165, 1.54) is 100 Å². The van der Waals surface area contributed by atoms with Crippen LogP contribution in [0.2, 0.25) is 0 Å². The number of anilines is 6. The van der Waals surface area contributed by atoms with E-state index >= 15 is 0 Å². The van der Waals surface area contributed by atoms with Crippen molar-refractivity contribution in [2.45, 2.75) is 83.0 Å². The Morgan fingerprint density at radius 3 is 1.41 bits per heavy atom. The molecule has 2 heterocycles. The van der Waals surface area contributed by atoms with Gasteiger partial charge in [0.05, 0.1) is 22.7 Å². The van der Waals surface area contributed by atoms with Crippen LogP contribution >= 0.6 is 0 Å². The first kappa shape index (κ1) is 40.5. The van der Waals surface area contributed by atoms with Crippen LogP contribution in [0.5, 0.6) is 0 Å². The summed E-state index contributed by atoms with van der Waals surface area (Å²) in [4.78, 5) is 4.95. The lowest BCUT2D eigenvalue weighted by atomic mass is 9.86. The van der Waals surface area contributed by atoms with Crippen molar-refractivity contribution in [2.75, 3.05) is 9.80 Å². The molecule has 2 saturated carbocycles. The standard InChI is InChI=1S/C65H54N2O2/c1-40(2)55-39-59(67(47-33-27-44(28-34-47)42-15-5-6-16-42)58-22-12-20-52-49-18-8-10-24-61(49)69-65(52)58)54-35-29-45-30-38-56(53-37-36-50(55)63(54)62(45)53)66(46-31-25-43(26-32-46)41-13-3-4-14-41)57-21-11-19-51-48-17-7-9-23-60(48)68-64(51)57/h7-12,17-42H,3-6,13-16H2,1-2H3. The zero-order valence-corrected chi connectivity index (χ0v) is 39.3. The van der Waals surface area contributed by atoms with E-state index in [0.29, 0.717) is 11.8 Å². The Labute approximate surface area is 402 Å². The van der Waals surface area contributed by atoms with E-state index in [0.717, 1.165) is 78.0 Å². The zero-order chi connectivity index (χ0) is 45.7. The first-order valence-electron chi connectivity index (χ1n) is 25.4. The van der Waals surface area contributed by atoms with Crippen molar-refractivity contribution in [3.05, 3.63) is 193 Å². The molecular formula is C65H54N2O2. The van der Waals surface area contributed by atoms with Crippen LogP contribution < -0.4 is 9.80 Å². The molecule has 0 bridgehead atoms. The highest BCUT2D eigenvalue weighted by atomic mass is 16.3. The first-order valence-corrected chi connectivity index (χ1v) is 25.4. The monoisotopic (exact) mass is 894 g/mol. The smallest absolute Gasteiger partial charge is 0.159 e. The third-order valence-electron chi connectivity index (χ3n) is 16.1. The van der Waals surface area contributed by atoms with Crippen LogP contribution in [-0.4, -0.2) is 0 Å². The van der Waals surface area contributed by atoms with E-state index in [1.54, 1.807) is 0 Å². The molecule has 336 valence electrons. The van der Waals surface area contributed by atoms with E-state index in [1.807, 2.05) is 0 Å². The largest absolute Gasteiger partial charge is 0.454 e. The highest BCUT2D eigenvalue weighted by Gasteiger charge is 2.28. The second-order valence-electron chi connectivity index (χ2n) is 20.3. The highest BCUT2D eigenvalue weighted by molar-refractivity contribution is 6.29. The van der Waals surface area contributed by atoms with Crippen LogP contribution in [0.15, 0.2) is 185 Å². The van der Waals surface area contributed by atoms with Gasteiger partial charge in [-0.1, -0.05) is 155 Å².